The molecule has 0 saturated heterocycles. The fourth-order valence-electron chi connectivity index (χ4n) is 2.67. The number of allylic oxidation sites excluding steroid dienone is 1. The van der Waals surface area contributed by atoms with Crippen LogP contribution in [0.3, 0.4) is 0 Å². The molecule has 1 atom stereocenters. The summed E-state index contributed by atoms with van der Waals surface area (Å²) in [6.07, 6.45) is 0. The lowest BCUT2D eigenvalue weighted by Crippen LogP contribution is -2.45. The van der Waals surface area contributed by atoms with Gasteiger partial charge in [0.05, 0.1) is 11.6 Å². The number of urea groups is 1. The highest BCUT2D eigenvalue weighted by Gasteiger charge is 2.32. The van der Waals surface area contributed by atoms with E-state index in [0.29, 0.717) is 16.8 Å². The number of halogens is 1. The van der Waals surface area contributed by atoms with Crippen LogP contribution in [0.5, 0.6) is 0 Å². The van der Waals surface area contributed by atoms with Gasteiger partial charge in [0, 0.05) is 5.70 Å². The minimum atomic E-state index is -0.697. The number of carbonyl (C=O) groups excluding carboxylic acids is 2. The number of hydrogen-bond donors (Lipinski definition) is 2. The number of esters is 1. The number of carbonyl (C=O) groups is 2. The van der Waals surface area contributed by atoms with Crippen LogP contribution in [0.1, 0.15) is 24.1 Å². The van der Waals surface area contributed by atoms with Crippen molar-refractivity contribution in [1.29, 1.82) is 0 Å². The van der Waals surface area contributed by atoms with Crippen LogP contribution >= 0.6 is 0 Å². The Hall–Kier alpha value is -3.15. The molecule has 2 aromatic rings. The molecule has 0 saturated carbocycles. The second-order valence-corrected chi connectivity index (χ2v) is 5.68. The van der Waals surface area contributed by atoms with Crippen LogP contribution < -0.4 is 10.6 Å². The van der Waals surface area contributed by atoms with E-state index >= 15 is 0 Å². The van der Waals surface area contributed by atoms with Crippen LogP contribution in [0.25, 0.3) is 0 Å². The zero-order valence-electron chi connectivity index (χ0n) is 13.6. The van der Waals surface area contributed by atoms with Crippen LogP contribution in [-0.4, -0.2) is 12.0 Å². The predicted molar refractivity (Wildman–Crippen MR) is 89.7 cm³/mol. The third kappa shape index (κ3) is 3.85. The van der Waals surface area contributed by atoms with E-state index in [0.717, 1.165) is 5.56 Å². The largest absolute Gasteiger partial charge is 0.457 e. The summed E-state index contributed by atoms with van der Waals surface area (Å²) in [5, 5.41) is 5.25. The molecule has 0 radical (unpaired) electrons. The standard InChI is InChI=1S/C19H17FN2O3/c1-12-16(18(23)25-11-13-5-3-2-4-6-13)17(22-19(24)21-12)14-7-9-15(20)10-8-14/h2-10,17H,11H2,1H3,(H2,21,22,24)/t17-/m1/s1. The normalized spacial score (nSPS) is 16.9. The van der Waals surface area contributed by atoms with Crippen molar-refractivity contribution in [1.82, 2.24) is 10.6 Å². The summed E-state index contributed by atoms with van der Waals surface area (Å²) < 4.78 is 18.6. The minimum absolute atomic E-state index is 0.126. The Balaban J connectivity index is 1.84. The first-order chi connectivity index (χ1) is 12.0. The Bertz CT molecular complexity index is 816. The van der Waals surface area contributed by atoms with Crippen molar-refractivity contribution in [3.63, 3.8) is 0 Å². The highest BCUT2D eigenvalue weighted by atomic mass is 19.1. The molecule has 1 aliphatic heterocycles. The number of benzene rings is 2. The lowest BCUT2D eigenvalue weighted by atomic mass is 9.95. The van der Waals surface area contributed by atoms with Gasteiger partial charge in [0.25, 0.3) is 0 Å². The molecule has 2 N–H and O–H groups in total. The number of hydrogen-bond acceptors (Lipinski definition) is 3. The van der Waals surface area contributed by atoms with Crippen molar-refractivity contribution in [3.8, 4) is 0 Å². The molecule has 6 heteroatoms. The zero-order chi connectivity index (χ0) is 17.8. The quantitative estimate of drug-likeness (QED) is 0.840. The van der Waals surface area contributed by atoms with Gasteiger partial charge in [-0.15, -0.1) is 0 Å². The van der Waals surface area contributed by atoms with E-state index in [9.17, 15) is 14.0 Å². The fourth-order valence-corrected chi connectivity index (χ4v) is 2.67. The zero-order valence-corrected chi connectivity index (χ0v) is 13.6. The minimum Gasteiger partial charge on any atom is -0.457 e. The summed E-state index contributed by atoms with van der Waals surface area (Å²) >= 11 is 0. The molecule has 3 rings (SSSR count). The number of rotatable bonds is 4. The van der Waals surface area contributed by atoms with Gasteiger partial charge in [-0.25, -0.2) is 14.0 Å². The van der Waals surface area contributed by atoms with Crippen molar-refractivity contribution < 1.29 is 18.7 Å². The van der Waals surface area contributed by atoms with Crippen molar-refractivity contribution >= 4 is 12.0 Å². The molecule has 0 aromatic heterocycles. The molecule has 0 fully saturated rings. The lowest BCUT2D eigenvalue weighted by molar-refractivity contribution is -0.140. The van der Waals surface area contributed by atoms with Crippen LogP contribution in [0.4, 0.5) is 9.18 Å². The Kier molecular flexibility index (Phi) is 4.79. The molecule has 0 spiro atoms. The molecule has 0 aliphatic carbocycles. The molecular weight excluding hydrogens is 323 g/mol. The van der Waals surface area contributed by atoms with Crippen molar-refractivity contribution in [2.45, 2.75) is 19.6 Å². The number of amides is 2. The van der Waals surface area contributed by atoms with Crippen molar-refractivity contribution in [2.24, 2.45) is 0 Å². The summed E-state index contributed by atoms with van der Waals surface area (Å²) in [7, 11) is 0. The van der Waals surface area contributed by atoms with Crippen molar-refractivity contribution in [3.05, 3.63) is 82.8 Å². The third-order valence-corrected chi connectivity index (χ3v) is 3.91. The van der Waals surface area contributed by atoms with Gasteiger partial charge < -0.3 is 15.4 Å². The van der Waals surface area contributed by atoms with Crippen LogP contribution in [0.15, 0.2) is 65.9 Å². The summed E-state index contributed by atoms with van der Waals surface area (Å²) in [6, 6.07) is 13.8. The van der Waals surface area contributed by atoms with E-state index in [2.05, 4.69) is 10.6 Å². The molecule has 128 valence electrons. The summed E-state index contributed by atoms with van der Waals surface area (Å²) in [5.41, 5.74) is 2.17. The van der Waals surface area contributed by atoms with Gasteiger partial charge in [-0.1, -0.05) is 42.5 Å². The average Bonchev–Trinajstić information content (AvgIpc) is 2.60. The van der Waals surface area contributed by atoms with E-state index < -0.39 is 23.9 Å². The van der Waals surface area contributed by atoms with E-state index in [1.807, 2.05) is 30.3 Å². The third-order valence-electron chi connectivity index (χ3n) is 3.91. The van der Waals surface area contributed by atoms with E-state index in [1.54, 1.807) is 6.92 Å². The Morgan fingerprint density at radius 2 is 1.80 bits per heavy atom. The van der Waals surface area contributed by atoms with E-state index in [1.165, 1.54) is 24.3 Å². The van der Waals surface area contributed by atoms with Gasteiger partial charge in [-0.05, 0) is 30.2 Å². The van der Waals surface area contributed by atoms with Gasteiger partial charge >= 0.3 is 12.0 Å². The fraction of sp³-hybridized carbons (Fsp3) is 0.158. The van der Waals surface area contributed by atoms with Gasteiger partial charge in [0.2, 0.25) is 0 Å². The van der Waals surface area contributed by atoms with Crippen LogP contribution in [0, 0.1) is 5.82 Å². The van der Waals surface area contributed by atoms with Gasteiger partial charge in [0.1, 0.15) is 12.4 Å². The highest BCUT2D eigenvalue weighted by Crippen LogP contribution is 2.28. The molecule has 0 bridgehead atoms. The molecular formula is C19H17FN2O3. The number of ether oxygens (including phenoxy) is 1. The van der Waals surface area contributed by atoms with Crippen LogP contribution in [-0.2, 0) is 16.1 Å². The molecule has 2 amide bonds. The summed E-state index contributed by atoms with van der Waals surface area (Å²) in [4.78, 5) is 24.4. The highest BCUT2D eigenvalue weighted by molar-refractivity contribution is 5.95. The van der Waals surface area contributed by atoms with E-state index in [4.69, 9.17) is 4.74 Å². The topological polar surface area (TPSA) is 67.4 Å². The first-order valence-corrected chi connectivity index (χ1v) is 7.79. The Morgan fingerprint density at radius 3 is 2.48 bits per heavy atom. The lowest BCUT2D eigenvalue weighted by Gasteiger charge is -2.28. The van der Waals surface area contributed by atoms with E-state index in [-0.39, 0.29) is 6.61 Å². The summed E-state index contributed by atoms with van der Waals surface area (Å²) in [5.74, 6) is -0.930. The number of nitrogens with one attached hydrogen (secondary N) is 2. The van der Waals surface area contributed by atoms with Crippen molar-refractivity contribution in [2.75, 3.05) is 0 Å². The van der Waals surface area contributed by atoms with Gasteiger partial charge in [0.15, 0.2) is 0 Å². The first kappa shape index (κ1) is 16.7. The summed E-state index contributed by atoms with van der Waals surface area (Å²) in [6.45, 7) is 1.76. The molecule has 1 aliphatic rings. The second kappa shape index (κ2) is 7.17. The van der Waals surface area contributed by atoms with Gasteiger partial charge in [-0.3, -0.25) is 0 Å². The SMILES string of the molecule is CC1=C(C(=O)OCc2ccccc2)[C@@H](c2ccc(F)cc2)NC(=O)N1. The molecule has 2 aromatic carbocycles. The first-order valence-electron chi connectivity index (χ1n) is 7.79. The maximum absolute atomic E-state index is 13.2. The smallest absolute Gasteiger partial charge is 0.338 e. The maximum Gasteiger partial charge on any atom is 0.338 e. The van der Waals surface area contributed by atoms with Crippen LogP contribution in [0.2, 0.25) is 0 Å². The Labute approximate surface area is 144 Å². The monoisotopic (exact) mass is 340 g/mol. The van der Waals surface area contributed by atoms with Gasteiger partial charge in [-0.2, -0.15) is 0 Å². The Morgan fingerprint density at radius 1 is 1.12 bits per heavy atom. The maximum atomic E-state index is 13.2. The second-order valence-electron chi connectivity index (χ2n) is 5.68. The molecule has 0 unspecified atom stereocenters. The molecule has 5 nitrogen and oxygen atoms in total. The predicted octanol–water partition coefficient (Wildman–Crippen LogP) is 3.20. The molecule has 1 heterocycles. The average molecular weight is 340 g/mol. The molecule has 25 heavy (non-hydrogen) atoms.